The summed E-state index contributed by atoms with van der Waals surface area (Å²) in [5.41, 5.74) is 9.45. The van der Waals surface area contributed by atoms with Gasteiger partial charge >= 0.3 is 0 Å². The Hall–Kier alpha value is -3.04. The van der Waals surface area contributed by atoms with E-state index in [1.165, 1.54) is 51.7 Å². The molecule has 1 aliphatic rings. The first-order valence-corrected chi connectivity index (χ1v) is 11.7. The predicted molar refractivity (Wildman–Crippen MR) is 133 cm³/mol. The normalized spacial score (nSPS) is 15.3. The van der Waals surface area contributed by atoms with Gasteiger partial charge in [0.05, 0.1) is 12.8 Å². The third-order valence-electron chi connectivity index (χ3n) is 7.09. The van der Waals surface area contributed by atoms with Gasteiger partial charge in [0, 0.05) is 23.0 Å². The Morgan fingerprint density at radius 1 is 0.906 bits per heavy atom. The number of methoxy groups -OCH3 is 1. The first kappa shape index (κ1) is 20.8. The number of H-pyrrole nitrogens is 1. The van der Waals surface area contributed by atoms with E-state index in [0.29, 0.717) is 5.92 Å². The molecule has 0 spiro atoms. The molecule has 2 heterocycles. The fourth-order valence-corrected chi connectivity index (χ4v) is 5.46. The second-order valence-electron chi connectivity index (χ2n) is 9.11. The number of hydrogen-bond donors (Lipinski definition) is 1. The molecule has 1 N–H and O–H groups in total. The van der Waals surface area contributed by atoms with Crippen LogP contribution in [0.2, 0.25) is 0 Å². The van der Waals surface area contributed by atoms with E-state index in [2.05, 4.69) is 84.4 Å². The van der Waals surface area contributed by atoms with Crippen LogP contribution in [0, 0.1) is 13.8 Å². The highest BCUT2D eigenvalue weighted by atomic mass is 16.5. The zero-order valence-corrected chi connectivity index (χ0v) is 19.3. The number of aryl methyl sites for hydroxylation is 2. The Morgan fingerprint density at radius 2 is 1.62 bits per heavy atom. The van der Waals surface area contributed by atoms with Gasteiger partial charge in [-0.05, 0) is 86.1 Å². The molecule has 3 nitrogen and oxygen atoms in total. The molecule has 5 rings (SSSR count). The highest BCUT2D eigenvalue weighted by molar-refractivity contribution is 5.90. The zero-order chi connectivity index (χ0) is 22.1. The van der Waals surface area contributed by atoms with Crippen molar-refractivity contribution in [2.45, 2.75) is 39.2 Å². The van der Waals surface area contributed by atoms with Crippen LogP contribution >= 0.6 is 0 Å². The standard InChI is InChI=1S/C29H32N2O/c1-20-8-6-9-21(2)28(20)22-14-16-31(17-15-22)19-26-25-12-4-5-13-27(25)30-29(26)23-10-7-11-24(18-23)32-3/h4-13,18,22,30H,14-17,19H2,1-3H3. The predicted octanol–water partition coefficient (Wildman–Crippen LogP) is 6.84. The fraction of sp³-hybridized carbons (Fsp3) is 0.310. The number of para-hydroxylation sites is 1. The van der Waals surface area contributed by atoms with Crippen molar-refractivity contribution in [3.8, 4) is 17.0 Å². The number of aromatic amines is 1. The number of nitrogens with zero attached hydrogens (tertiary/aromatic N) is 1. The molecule has 0 saturated carbocycles. The van der Waals surface area contributed by atoms with Crippen molar-refractivity contribution in [1.82, 2.24) is 9.88 Å². The van der Waals surface area contributed by atoms with Gasteiger partial charge in [-0.25, -0.2) is 0 Å². The Bertz CT molecular complexity index is 1210. The van der Waals surface area contributed by atoms with E-state index in [1.54, 1.807) is 12.7 Å². The second-order valence-corrected chi connectivity index (χ2v) is 9.11. The van der Waals surface area contributed by atoms with E-state index in [4.69, 9.17) is 4.74 Å². The largest absolute Gasteiger partial charge is 0.497 e. The van der Waals surface area contributed by atoms with Crippen LogP contribution in [0.1, 0.15) is 41.0 Å². The van der Waals surface area contributed by atoms with Crippen molar-refractivity contribution in [2.24, 2.45) is 0 Å². The molecule has 0 unspecified atom stereocenters. The minimum Gasteiger partial charge on any atom is -0.497 e. The molecule has 0 atom stereocenters. The van der Waals surface area contributed by atoms with Gasteiger partial charge in [0.1, 0.15) is 5.75 Å². The van der Waals surface area contributed by atoms with Crippen molar-refractivity contribution in [2.75, 3.05) is 20.2 Å². The first-order chi connectivity index (χ1) is 15.6. The highest BCUT2D eigenvalue weighted by Crippen LogP contribution is 2.36. The van der Waals surface area contributed by atoms with E-state index in [9.17, 15) is 0 Å². The monoisotopic (exact) mass is 424 g/mol. The molecule has 1 fully saturated rings. The number of benzene rings is 3. The molecule has 4 aromatic rings. The summed E-state index contributed by atoms with van der Waals surface area (Å²) in [6.45, 7) is 7.77. The van der Waals surface area contributed by atoms with Crippen LogP contribution in [-0.2, 0) is 6.54 Å². The molecule has 0 aliphatic carbocycles. The van der Waals surface area contributed by atoms with E-state index >= 15 is 0 Å². The minimum absolute atomic E-state index is 0.674. The van der Waals surface area contributed by atoms with Crippen molar-refractivity contribution in [1.29, 1.82) is 0 Å². The molecule has 164 valence electrons. The quantitative estimate of drug-likeness (QED) is 0.380. The molecule has 1 saturated heterocycles. The molecular formula is C29H32N2O. The SMILES string of the molecule is COc1cccc(-c2[nH]c3ccccc3c2CN2CCC(c3c(C)cccc3C)CC2)c1. The van der Waals surface area contributed by atoms with Gasteiger partial charge in [0.25, 0.3) is 0 Å². The number of hydrogen-bond acceptors (Lipinski definition) is 2. The van der Waals surface area contributed by atoms with Crippen LogP contribution in [0.3, 0.4) is 0 Å². The summed E-state index contributed by atoms with van der Waals surface area (Å²) in [7, 11) is 1.73. The number of rotatable bonds is 5. The average Bonchev–Trinajstić information content (AvgIpc) is 3.18. The van der Waals surface area contributed by atoms with Gasteiger partial charge in [0.2, 0.25) is 0 Å². The number of likely N-dealkylation sites (tertiary alicyclic amines) is 1. The maximum absolute atomic E-state index is 5.49. The molecule has 32 heavy (non-hydrogen) atoms. The van der Waals surface area contributed by atoms with E-state index in [0.717, 1.165) is 25.4 Å². The maximum Gasteiger partial charge on any atom is 0.119 e. The smallest absolute Gasteiger partial charge is 0.119 e. The topological polar surface area (TPSA) is 28.3 Å². The van der Waals surface area contributed by atoms with Gasteiger partial charge in [-0.1, -0.05) is 48.5 Å². The Morgan fingerprint density at radius 3 is 2.38 bits per heavy atom. The average molecular weight is 425 g/mol. The Kier molecular flexibility index (Phi) is 5.75. The van der Waals surface area contributed by atoms with Crippen LogP contribution < -0.4 is 4.74 Å². The molecule has 1 aliphatic heterocycles. The van der Waals surface area contributed by atoms with Crippen LogP contribution in [0.15, 0.2) is 66.7 Å². The van der Waals surface area contributed by atoms with Gasteiger partial charge in [-0.15, -0.1) is 0 Å². The van der Waals surface area contributed by atoms with Crippen molar-refractivity contribution < 1.29 is 4.74 Å². The van der Waals surface area contributed by atoms with E-state index < -0.39 is 0 Å². The highest BCUT2D eigenvalue weighted by Gasteiger charge is 2.24. The van der Waals surface area contributed by atoms with Crippen LogP contribution in [-0.4, -0.2) is 30.1 Å². The molecule has 0 radical (unpaired) electrons. The third kappa shape index (κ3) is 3.93. The summed E-state index contributed by atoms with van der Waals surface area (Å²) in [5.74, 6) is 1.56. The van der Waals surface area contributed by atoms with Crippen molar-refractivity contribution >= 4 is 10.9 Å². The van der Waals surface area contributed by atoms with Crippen LogP contribution in [0.5, 0.6) is 5.75 Å². The van der Waals surface area contributed by atoms with Gasteiger partial charge < -0.3 is 9.72 Å². The molecule has 3 heteroatoms. The lowest BCUT2D eigenvalue weighted by Crippen LogP contribution is -2.33. The number of piperidine rings is 1. The van der Waals surface area contributed by atoms with E-state index in [1.807, 2.05) is 6.07 Å². The summed E-state index contributed by atoms with van der Waals surface area (Å²) in [6, 6.07) is 23.7. The second kappa shape index (κ2) is 8.84. The number of nitrogens with one attached hydrogen (secondary N) is 1. The lowest BCUT2D eigenvalue weighted by Gasteiger charge is -2.33. The fourth-order valence-electron chi connectivity index (χ4n) is 5.46. The van der Waals surface area contributed by atoms with Crippen molar-refractivity contribution in [3.05, 3.63) is 89.0 Å². The lowest BCUT2D eigenvalue weighted by molar-refractivity contribution is 0.205. The Labute approximate surface area is 191 Å². The van der Waals surface area contributed by atoms with Gasteiger partial charge in [-0.3, -0.25) is 4.90 Å². The molecule has 1 aromatic heterocycles. The number of aromatic nitrogens is 1. The zero-order valence-electron chi connectivity index (χ0n) is 19.3. The van der Waals surface area contributed by atoms with E-state index in [-0.39, 0.29) is 0 Å². The maximum atomic E-state index is 5.49. The van der Waals surface area contributed by atoms with Gasteiger partial charge in [-0.2, -0.15) is 0 Å². The Balaban J connectivity index is 1.41. The van der Waals surface area contributed by atoms with Crippen LogP contribution in [0.4, 0.5) is 0 Å². The lowest BCUT2D eigenvalue weighted by atomic mass is 9.84. The summed E-state index contributed by atoms with van der Waals surface area (Å²) >= 11 is 0. The molecule has 3 aromatic carbocycles. The molecule has 0 bridgehead atoms. The molecular weight excluding hydrogens is 392 g/mol. The summed E-state index contributed by atoms with van der Waals surface area (Å²) in [6.07, 6.45) is 2.45. The minimum atomic E-state index is 0.674. The summed E-state index contributed by atoms with van der Waals surface area (Å²) in [5, 5.41) is 1.32. The number of fused-ring (bicyclic) bond motifs is 1. The molecule has 0 amide bonds. The van der Waals surface area contributed by atoms with Crippen molar-refractivity contribution in [3.63, 3.8) is 0 Å². The summed E-state index contributed by atoms with van der Waals surface area (Å²) in [4.78, 5) is 6.32. The number of ether oxygens (including phenoxy) is 1. The van der Waals surface area contributed by atoms with Crippen LogP contribution in [0.25, 0.3) is 22.2 Å². The third-order valence-corrected chi connectivity index (χ3v) is 7.09. The van der Waals surface area contributed by atoms with Gasteiger partial charge in [0.15, 0.2) is 0 Å². The summed E-state index contributed by atoms with van der Waals surface area (Å²) < 4.78 is 5.49. The first-order valence-electron chi connectivity index (χ1n) is 11.7.